The van der Waals surface area contributed by atoms with E-state index in [4.69, 9.17) is 5.73 Å². The van der Waals surface area contributed by atoms with Crippen LogP contribution in [0.4, 0.5) is 8.78 Å². The Balaban J connectivity index is 2.42. The molecule has 0 aromatic carbocycles. The Morgan fingerprint density at radius 2 is 2.07 bits per heavy atom. The molecule has 1 aromatic rings. The second kappa shape index (κ2) is 3.27. The lowest BCUT2D eigenvalue weighted by Gasteiger charge is -2.07. The van der Waals surface area contributed by atoms with E-state index in [1.54, 1.807) is 4.68 Å². The predicted molar refractivity (Wildman–Crippen MR) is 52.7 cm³/mol. The summed E-state index contributed by atoms with van der Waals surface area (Å²) in [6, 6.07) is 0.0820. The van der Waals surface area contributed by atoms with Crippen molar-refractivity contribution < 1.29 is 8.78 Å². The average molecular weight is 215 g/mol. The highest BCUT2D eigenvalue weighted by atomic mass is 19.3. The van der Waals surface area contributed by atoms with E-state index in [0.29, 0.717) is 5.69 Å². The van der Waals surface area contributed by atoms with E-state index in [-0.39, 0.29) is 11.6 Å². The zero-order valence-electron chi connectivity index (χ0n) is 8.87. The summed E-state index contributed by atoms with van der Waals surface area (Å²) < 4.78 is 27.1. The maximum absolute atomic E-state index is 12.8. The van der Waals surface area contributed by atoms with E-state index >= 15 is 0 Å². The molecule has 1 heterocycles. The number of rotatable bonds is 3. The lowest BCUT2D eigenvalue weighted by atomic mass is 10.1. The molecule has 1 aromatic heterocycles. The molecule has 0 bridgehead atoms. The minimum atomic E-state index is -2.49. The molecule has 3 nitrogen and oxygen atoms in total. The van der Waals surface area contributed by atoms with Gasteiger partial charge in [0.05, 0.1) is 16.8 Å². The number of nitrogens with two attached hydrogens (primary N) is 1. The van der Waals surface area contributed by atoms with Crippen LogP contribution in [0, 0.1) is 0 Å². The Morgan fingerprint density at radius 1 is 1.47 bits per heavy atom. The van der Waals surface area contributed by atoms with E-state index < -0.39 is 12.0 Å². The Kier molecular flexibility index (Phi) is 2.30. The Hall–Kier alpha value is -0.970. The molecule has 0 amide bonds. The monoisotopic (exact) mass is 215 g/mol. The molecule has 15 heavy (non-hydrogen) atoms. The van der Waals surface area contributed by atoms with Crippen LogP contribution in [0.3, 0.4) is 0 Å². The van der Waals surface area contributed by atoms with Gasteiger partial charge >= 0.3 is 0 Å². The Labute approximate surface area is 87.3 Å². The van der Waals surface area contributed by atoms with Gasteiger partial charge in [0.1, 0.15) is 0 Å². The maximum atomic E-state index is 12.8. The molecule has 0 saturated heterocycles. The molecule has 1 aliphatic rings. The fraction of sp³-hybridized carbons (Fsp3) is 0.700. The van der Waals surface area contributed by atoms with Gasteiger partial charge in [0.25, 0.3) is 6.43 Å². The molecular weight excluding hydrogens is 200 g/mol. The van der Waals surface area contributed by atoms with Crippen LogP contribution in [0.5, 0.6) is 0 Å². The minimum absolute atomic E-state index is 0.0105. The largest absolute Gasteiger partial charge is 0.320 e. The van der Waals surface area contributed by atoms with Gasteiger partial charge in [0.15, 0.2) is 0 Å². The van der Waals surface area contributed by atoms with E-state index in [9.17, 15) is 8.78 Å². The molecule has 2 N–H and O–H groups in total. The molecule has 2 rings (SSSR count). The maximum Gasteiger partial charge on any atom is 0.267 e. The van der Waals surface area contributed by atoms with Crippen molar-refractivity contribution in [1.82, 2.24) is 9.78 Å². The first kappa shape index (κ1) is 10.5. The molecule has 0 unspecified atom stereocenters. The number of aromatic nitrogens is 2. The van der Waals surface area contributed by atoms with Gasteiger partial charge in [-0.15, -0.1) is 0 Å². The molecule has 0 radical (unpaired) electrons. The van der Waals surface area contributed by atoms with Crippen LogP contribution in [-0.4, -0.2) is 9.78 Å². The fourth-order valence-electron chi connectivity index (χ4n) is 1.59. The number of halogens is 2. The summed E-state index contributed by atoms with van der Waals surface area (Å²) in [6.07, 6.45) is 0.426. The van der Waals surface area contributed by atoms with Gasteiger partial charge in [-0.05, 0) is 26.7 Å². The SMILES string of the molecule is CC(C)n1cc(C(F)F)c(C2(N)CC2)n1. The summed E-state index contributed by atoms with van der Waals surface area (Å²) in [6.45, 7) is 3.81. The summed E-state index contributed by atoms with van der Waals surface area (Å²) in [5.41, 5.74) is 5.69. The predicted octanol–water partition coefficient (Wildman–Crippen LogP) is 2.35. The van der Waals surface area contributed by atoms with E-state index in [1.165, 1.54) is 6.20 Å². The molecule has 1 fully saturated rings. The van der Waals surface area contributed by atoms with Crippen LogP contribution >= 0.6 is 0 Å². The molecule has 0 aliphatic heterocycles. The highest BCUT2D eigenvalue weighted by Gasteiger charge is 2.45. The van der Waals surface area contributed by atoms with Crippen LogP contribution in [-0.2, 0) is 5.54 Å². The third-order valence-electron chi connectivity index (χ3n) is 2.78. The van der Waals surface area contributed by atoms with Crippen LogP contribution in [0.1, 0.15) is 50.4 Å². The second-order valence-electron chi connectivity index (χ2n) is 4.46. The van der Waals surface area contributed by atoms with Gasteiger partial charge in [0, 0.05) is 12.2 Å². The van der Waals surface area contributed by atoms with Crippen molar-refractivity contribution in [3.8, 4) is 0 Å². The normalized spacial score (nSPS) is 18.9. The first-order valence-electron chi connectivity index (χ1n) is 5.10. The quantitative estimate of drug-likeness (QED) is 0.841. The van der Waals surface area contributed by atoms with Crippen LogP contribution < -0.4 is 5.73 Å². The third-order valence-corrected chi connectivity index (χ3v) is 2.78. The van der Waals surface area contributed by atoms with Gasteiger partial charge in [-0.3, -0.25) is 4.68 Å². The summed E-state index contributed by atoms with van der Waals surface area (Å²) in [4.78, 5) is 0. The van der Waals surface area contributed by atoms with E-state index in [1.807, 2.05) is 13.8 Å². The first-order valence-corrected chi connectivity index (χ1v) is 5.10. The van der Waals surface area contributed by atoms with Crippen molar-refractivity contribution in [2.75, 3.05) is 0 Å². The fourth-order valence-corrected chi connectivity index (χ4v) is 1.59. The van der Waals surface area contributed by atoms with Crippen molar-refractivity contribution in [1.29, 1.82) is 0 Å². The molecular formula is C10H15F2N3. The van der Waals surface area contributed by atoms with Crippen molar-refractivity contribution >= 4 is 0 Å². The molecule has 1 aliphatic carbocycles. The Bertz CT molecular complexity index is 367. The van der Waals surface area contributed by atoms with Crippen molar-refractivity contribution in [3.05, 3.63) is 17.5 Å². The zero-order valence-corrected chi connectivity index (χ0v) is 8.87. The number of nitrogens with zero attached hydrogens (tertiary/aromatic N) is 2. The number of alkyl halides is 2. The molecule has 0 atom stereocenters. The zero-order chi connectivity index (χ0) is 11.2. The first-order chi connectivity index (χ1) is 6.94. The molecule has 0 spiro atoms. The molecule has 1 saturated carbocycles. The van der Waals surface area contributed by atoms with E-state index in [0.717, 1.165) is 12.8 Å². The third kappa shape index (κ3) is 1.76. The Morgan fingerprint density at radius 3 is 2.47 bits per heavy atom. The average Bonchev–Trinajstić information content (AvgIpc) is 2.74. The van der Waals surface area contributed by atoms with Crippen molar-refractivity contribution in [3.63, 3.8) is 0 Å². The van der Waals surface area contributed by atoms with Crippen LogP contribution in [0.2, 0.25) is 0 Å². The van der Waals surface area contributed by atoms with Crippen LogP contribution in [0.15, 0.2) is 6.20 Å². The summed E-state index contributed by atoms with van der Waals surface area (Å²) in [5.74, 6) is 0. The van der Waals surface area contributed by atoms with Crippen molar-refractivity contribution in [2.24, 2.45) is 5.73 Å². The van der Waals surface area contributed by atoms with Gasteiger partial charge in [-0.2, -0.15) is 5.10 Å². The smallest absolute Gasteiger partial charge is 0.267 e. The summed E-state index contributed by atoms with van der Waals surface area (Å²) in [5, 5.41) is 4.18. The van der Waals surface area contributed by atoms with E-state index in [2.05, 4.69) is 5.10 Å². The molecule has 5 heteroatoms. The number of hydrogen-bond acceptors (Lipinski definition) is 2. The van der Waals surface area contributed by atoms with Gasteiger partial charge in [-0.1, -0.05) is 0 Å². The summed E-state index contributed by atoms with van der Waals surface area (Å²) >= 11 is 0. The summed E-state index contributed by atoms with van der Waals surface area (Å²) in [7, 11) is 0. The second-order valence-corrected chi connectivity index (χ2v) is 4.46. The standard InChI is InChI=1S/C10H15F2N3/c1-6(2)15-5-7(9(11)12)8(14-15)10(13)3-4-10/h5-6,9H,3-4,13H2,1-2H3. The van der Waals surface area contributed by atoms with Gasteiger partial charge < -0.3 is 5.73 Å². The number of hydrogen-bond donors (Lipinski definition) is 1. The highest BCUT2D eigenvalue weighted by molar-refractivity contribution is 5.30. The van der Waals surface area contributed by atoms with Gasteiger partial charge in [0.2, 0.25) is 0 Å². The topological polar surface area (TPSA) is 43.8 Å². The van der Waals surface area contributed by atoms with Crippen molar-refractivity contribution in [2.45, 2.75) is 44.7 Å². The highest BCUT2D eigenvalue weighted by Crippen LogP contribution is 2.45. The lowest BCUT2D eigenvalue weighted by molar-refractivity contribution is 0.149. The molecule has 84 valence electrons. The lowest BCUT2D eigenvalue weighted by Crippen LogP contribution is -2.21. The van der Waals surface area contributed by atoms with Crippen LogP contribution in [0.25, 0.3) is 0 Å². The minimum Gasteiger partial charge on any atom is -0.320 e. The van der Waals surface area contributed by atoms with Gasteiger partial charge in [-0.25, -0.2) is 8.78 Å².